The number of nitrogens with zero attached hydrogens (tertiary/aromatic N) is 1. The summed E-state index contributed by atoms with van der Waals surface area (Å²) in [6.45, 7) is 3.41. The summed E-state index contributed by atoms with van der Waals surface area (Å²) in [6.07, 6.45) is 4.12. The van der Waals surface area contributed by atoms with Gasteiger partial charge >= 0.3 is 0 Å². The molecule has 110 valence electrons. The van der Waals surface area contributed by atoms with Crippen LogP contribution in [0.5, 0.6) is 0 Å². The maximum atomic E-state index is 12.5. The van der Waals surface area contributed by atoms with E-state index in [-0.39, 0.29) is 12.0 Å². The van der Waals surface area contributed by atoms with E-state index >= 15 is 0 Å². The first kappa shape index (κ1) is 14.8. The molecule has 2 fully saturated rings. The van der Waals surface area contributed by atoms with Crippen LogP contribution in [-0.4, -0.2) is 34.4 Å². The Morgan fingerprint density at radius 2 is 2.38 bits per heavy atom. The highest BCUT2D eigenvalue weighted by Gasteiger charge is 2.34. The molecule has 0 spiro atoms. The van der Waals surface area contributed by atoms with Crippen molar-refractivity contribution >= 4 is 40.3 Å². The molecule has 2 saturated heterocycles. The molecule has 3 rings (SSSR count). The summed E-state index contributed by atoms with van der Waals surface area (Å²) in [5.74, 6) is 0.00186. The first-order chi connectivity index (χ1) is 10.1. The van der Waals surface area contributed by atoms with E-state index in [4.69, 9.17) is 17.0 Å². The standard InChI is InChI=1S/C16H17NO2S2/c1-11-4-2-5-12(8-11)9-14-15(18)17(16(20)21-14)10-13-6-3-7-19-13/h2,4-5,8-9,13H,3,6-7,10H2,1H3/b14-9-. The van der Waals surface area contributed by atoms with Crippen molar-refractivity contribution in [2.24, 2.45) is 0 Å². The summed E-state index contributed by atoms with van der Waals surface area (Å²) in [4.78, 5) is 14.9. The van der Waals surface area contributed by atoms with Gasteiger partial charge in [-0.3, -0.25) is 9.69 Å². The monoisotopic (exact) mass is 319 g/mol. The van der Waals surface area contributed by atoms with Crippen LogP contribution in [0.3, 0.4) is 0 Å². The summed E-state index contributed by atoms with van der Waals surface area (Å²) in [6, 6.07) is 8.10. The van der Waals surface area contributed by atoms with E-state index in [9.17, 15) is 4.79 Å². The number of carbonyl (C=O) groups is 1. The van der Waals surface area contributed by atoms with Crippen molar-refractivity contribution in [2.75, 3.05) is 13.2 Å². The van der Waals surface area contributed by atoms with E-state index in [1.54, 1.807) is 4.90 Å². The highest BCUT2D eigenvalue weighted by molar-refractivity contribution is 8.26. The van der Waals surface area contributed by atoms with Crippen molar-refractivity contribution in [3.05, 3.63) is 40.3 Å². The number of thiocarbonyl (C=S) groups is 1. The van der Waals surface area contributed by atoms with Gasteiger partial charge in [0.2, 0.25) is 0 Å². The van der Waals surface area contributed by atoms with Crippen molar-refractivity contribution < 1.29 is 9.53 Å². The zero-order chi connectivity index (χ0) is 14.8. The number of hydrogen-bond acceptors (Lipinski definition) is 4. The predicted molar refractivity (Wildman–Crippen MR) is 90.0 cm³/mol. The Bertz CT molecular complexity index is 606. The lowest BCUT2D eigenvalue weighted by Crippen LogP contribution is -2.35. The summed E-state index contributed by atoms with van der Waals surface area (Å²) in [7, 11) is 0. The predicted octanol–water partition coefficient (Wildman–Crippen LogP) is 3.38. The second-order valence-electron chi connectivity index (χ2n) is 5.34. The molecule has 5 heteroatoms. The molecule has 0 aliphatic carbocycles. The Hall–Kier alpha value is -1.17. The molecule has 21 heavy (non-hydrogen) atoms. The SMILES string of the molecule is Cc1cccc(/C=C2\SC(=S)N(CC3CCCO3)C2=O)c1. The fourth-order valence-corrected chi connectivity index (χ4v) is 3.84. The summed E-state index contributed by atoms with van der Waals surface area (Å²) in [5, 5.41) is 0. The molecule has 1 aromatic carbocycles. The molecule has 1 unspecified atom stereocenters. The molecule has 0 N–H and O–H groups in total. The molecule has 0 bridgehead atoms. The van der Waals surface area contributed by atoms with Crippen LogP contribution < -0.4 is 0 Å². The molecule has 0 saturated carbocycles. The van der Waals surface area contributed by atoms with Crippen molar-refractivity contribution in [2.45, 2.75) is 25.9 Å². The molecule has 2 heterocycles. The molecule has 2 aliphatic rings. The quantitative estimate of drug-likeness (QED) is 0.631. The van der Waals surface area contributed by atoms with Crippen molar-refractivity contribution in [3.8, 4) is 0 Å². The smallest absolute Gasteiger partial charge is 0.266 e. The van der Waals surface area contributed by atoms with Gasteiger partial charge in [-0.25, -0.2) is 0 Å². The maximum Gasteiger partial charge on any atom is 0.266 e. The van der Waals surface area contributed by atoms with Gasteiger partial charge < -0.3 is 4.74 Å². The molecule has 0 radical (unpaired) electrons. The molecule has 2 aliphatic heterocycles. The second kappa shape index (κ2) is 6.30. The van der Waals surface area contributed by atoms with Crippen LogP contribution >= 0.6 is 24.0 Å². The third kappa shape index (κ3) is 3.36. The van der Waals surface area contributed by atoms with Crippen molar-refractivity contribution in [1.29, 1.82) is 0 Å². The third-order valence-corrected chi connectivity index (χ3v) is 5.00. The minimum absolute atomic E-state index is 0.00186. The molecule has 1 atom stereocenters. The topological polar surface area (TPSA) is 29.5 Å². The molecule has 3 nitrogen and oxygen atoms in total. The molecular formula is C16H17NO2S2. The summed E-state index contributed by atoms with van der Waals surface area (Å²) < 4.78 is 6.23. The van der Waals surface area contributed by atoms with Gasteiger partial charge in [-0.15, -0.1) is 0 Å². The van der Waals surface area contributed by atoms with Crippen LogP contribution in [0.2, 0.25) is 0 Å². The average molecular weight is 319 g/mol. The average Bonchev–Trinajstić information content (AvgIpc) is 3.04. The number of carbonyl (C=O) groups excluding carboxylic acids is 1. The van der Waals surface area contributed by atoms with Gasteiger partial charge in [-0.05, 0) is 31.4 Å². The first-order valence-electron chi connectivity index (χ1n) is 7.07. The largest absolute Gasteiger partial charge is 0.376 e. The van der Waals surface area contributed by atoms with Crippen LogP contribution in [0.1, 0.15) is 24.0 Å². The van der Waals surface area contributed by atoms with Crippen LogP contribution in [0.4, 0.5) is 0 Å². The minimum atomic E-state index is 0.00186. The number of aryl methyl sites for hydroxylation is 1. The molecular weight excluding hydrogens is 302 g/mol. The van der Waals surface area contributed by atoms with E-state index in [0.29, 0.717) is 15.8 Å². The number of rotatable bonds is 3. The number of amides is 1. The fourth-order valence-electron chi connectivity index (χ4n) is 2.56. The van der Waals surface area contributed by atoms with E-state index in [2.05, 4.69) is 6.07 Å². The summed E-state index contributed by atoms with van der Waals surface area (Å²) in [5.41, 5.74) is 2.21. The van der Waals surface area contributed by atoms with Crippen molar-refractivity contribution in [3.63, 3.8) is 0 Å². The Labute approximate surface area is 134 Å². The Morgan fingerprint density at radius 1 is 1.52 bits per heavy atom. The van der Waals surface area contributed by atoms with Gasteiger partial charge in [0.15, 0.2) is 0 Å². The van der Waals surface area contributed by atoms with Crippen LogP contribution in [0, 0.1) is 6.92 Å². The first-order valence-corrected chi connectivity index (χ1v) is 8.29. The number of ether oxygens (including phenoxy) is 1. The number of benzene rings is 1. The van der Waals surface area contributed by atoms with Crippen molar-refractivity contribution in [1.82, 2.24) is 4.90 Å². The fraction of sp³-hybridized carbons (Fsp3) is 0.375. The Kier molecular flexibility index (Phi) is 4.42. The number of hydrogen-bond donors (Lipinski definition) is 0. The summed E-state index contributed by atoms with van der Waals surface area (Å²) >= 11 is 6.72. The highest BCUT2D eigenvalue weighted by atomic mass is 32.2. The molecule has 1 amide bonds. The van der Waals surface area contributed by atoms with Gasteiger partial charge in [0.1, 0.15) is 4.32 Å². The highest BCUT2D eigenvalue weighted by Crippen LogP contribution is 2.33. The third-order valence-electron chi connectivity index (χ3n) is 3.62. The van der Waals surface area contributed by atoms with Gasteiger partial charge in [0.05, 0.1) is 17.6 Å². The van der Waals surface area contributed by atoms with Gasteiger partial charge in [-0.2, -0.15) is 0 Å². The zero-order valence-electron chi connectivity index (χ0n) is 11.9. The molecule has 0 aromatic heterocycles. The van der Waals surface area contributed by atoms with Crippen LogP contribution in [0.25, 0.3) is 6.08 Å². The lowest BCUT2D eigenvalue weighted by Gasteiger charge is -2.18. The second-order valence-corrected chi connectivity index (χ2v) is 7.02. The van der Waals surface area contributed by atoms with Crippen LogP contribution in [0.15, 0.2) is 29.2 Å². The normalized spacial score (nSPS) is 24.3. The van der Waals surface area contributed by atoms with Gasteiger partial charge in [0.25, 0.3) is 5.91 Å². The number of thioether (sulfide) groups is 1. The Balaban J connectivity index is 1.76. The van der Waals surface area contributed by atoms with E-state index in [0.717, 1.165) is 25.0 Å². The minimum Gasteiger partial charge on any atom is -0.376 e. The molecule has 1 aromatic rings. The zero-order valence-corrected chi connectivity index (χ0v) is 13.5. The maximum absolute atomic E-state index is 12.5. The van der Waals surface area contributed by atoms with E-state index in [1.165, 1.54) is 17.3 Å². The van der Waals surface area contributed by atoms with Gasteiger partial charge in [-0.1, -0.05) is 53.8 Å². The Morgan fingerprint density at radius 3 is 3.10 bits per heavy atom. The lowest BCUT2D eigenvalue weighted by atomic mass is 10.1. The van der Waals surface area contributed by atoms with Gasteiger partial charge in [0, 0.05) is 6.61 Å². The van der Waals surface area contributed by atoms with E-state index in [1.807, 2.05) is 31.2 Å². The van der Waals surface area contributed by atoms with E-state index < -0.39 is 0 Å². The lowest BCUT2D eigenvalue weighted by molar-refractivity contribution is -0.123. The van der Waals surface area contributed by atoms with Crippen LogP contribution in [-0.2, 0) is 9.53 Å².